The lowest BCUT2D eigenvalue weighted by atomic mass is 10.1. The first-order valence-corrected chi connectivity index (χ1v) is 8.94. The van der Waals surface area contributed by atoms with Crippen molar-refractivity contribution >= 4 is 11.7 Å². The quantitative estimate of drug-likeness (QED) is 0.869. The minimum Gasteiger partial charge on any atom is -0.354 e. The van der Waals surface area contributed by atoms with E-state index in [-0.39, 0.29) is 5.91 Å². The molecular formula is C18H28N4O. The second-order valence-electron chi connectivity index (χ2n) is 6.83. The van der Waals surface area contributed by atoms with Crippen LogP contribution in [0.5, 0.6) is 0 Å². The van der Waals surface area contributed by atoms with Gasteiger partial charge in [0.05, 0.1) is 0 Å². The Morgan fingerprint density at radius 2 is 1.78 bits per heavy atom. The van der Waals surface area contributed by atoms with E-state index in [1.54, 1.807) is 0 Å². The fourth-order valence-electron chi connectivity index (χ4n) is 3.44. The van der Waals surface area contributed by atoms with Gasteiger partial charge >= 0.3 is 0 Å². The van der Waals surface area contributed by atoms with E-state index in [0.29, 0.717) is 11.7 Å². The summed E-state index contributed by atoms with van der Waals surface area (Å²) < 4.78 is 0. The van der Waals surface area contributed by atoms with Crippen molar-refractivity contribution in [3.63, 3.8) is 0 Å². The maximum absolute atomic E-state index is 12.5. The van der Waals surface area contributed by atoms with Crippen LogP contribution in [0.15, 0.2) is 18.2 Å². The molecule has 1 aliphatic carbocycles. The number of hydrogen-bond acceptors (Lipinski definition) is 4. The summed E-state index contributed by atoms with van der Waals surface area (Å²) in [5.41, 5.74) is 0.547. The molecule has 0 aromatic carbocycles. The van der Waals surface area contributed by atoms with Crippen LogP contribution in [0.25, 0.3) is 0 Å². The van der Waals surface area contributed by atoms with Crippen molar-refractivity contribution in [1.29, 1.82) is 0 Å². The van der Waals surface area contributed by atoms with Crippen molar-refractivity contribution in [2.75, 3.05) is 38.1 Å². The van der Waals surface area contributed by atoms with Crippen LogP contribution in [-0.2, 0) is 0 Å². The smallest absolute Gasteiger partial charge is 0.270 e. The fourth-order valence-corrected chi connectivity index (χ4v) is 3.44. The van der Waals surface area contributed by atoms with E-state index < -0.39 is 0 Å². The van der Waals surface area contributed by atoms with E-state index in [0.717, 1.165) is 44.8 Å². The second-order valence-corrected chi connectivity index (χ2v) is 6.83. The fraction of sp³-hybridized carbons (Fsp3) is 0.667. The second kappa shape index (κ2) is 7.77. The molecule has 0 atom stereocenters. The van der Waals surface area contributed by atoms with Gasteiger partial charge in [-0.3, -0.25) is 4.79 Å². The number of pyridine rings is 1. The van der Waals surface area contributed by atoms with Gasteiger partial charge in [0.2, 0.25) is 0 Å². The topological polar surface area (TPSA) is 48.5 Å². The maximum atomic E-state index is 12.5. The zero-order valence-electron chi connectivity index (χ0n) is 14.1. The third-order valence-corrected chi connectivity index (χ3v) is 4.98. The standard InChI is InChI=1S/C18H28N4O/c1-21-11-13-22(14-12-21)17-10-6-9-16(20-17)18(23)19-15-7-4-2-3-5-8-15/h6,9-10,15H,2-5,7-8,11-14H2,1H3,(H,19,23). The molecule has 2 fully saturated rings. The van der Waals surface area contributed by atoms with E-state index in [1.807, 2.05) is 18.2 Å². The largest absolute Gasteiger partial charge is 0.354 e. The Morgan fingerprint density at radius 3 is 2.48 bits per heavy atom. The number of carbonyl (C=O) groups is 1. The normalized spacial score (nSPS) is 21.0. The van der Waals surface area contributed by atoms with E-state index in [4.69, 9.17) is 0 Å². The lowest BCUT2D eigenvalue weighted by molar-refractivity contribution is 0.0928. The van der Waals surface area contributed by atoms with Crippen LogP contribution in [-0.4, -0.2) is 55.1 Å². The Morgan fingerprint density at radius 1 is 1.09 bits per heavy atom. The van der Waals surface area contributed by atoms with Crippen molar-refractivity contribution in [3.05, 3.63) is 23.9 Å². The van der Waals surface area contributed by atoms with Gasteiger partial charge in [0.25, 0.3) is 5.91 Å². The number of aromatic nitrogens is 1. The molecule has 0 bridgehead atoms. The van der Waals surface area contributed by atoms with Crippen LogP contribution < -0.4 is 10.2 Å². The molecule has 2 aliphatic rings. The van der Waals surface area contributed by atoms with E-state index in [9.17, 15) is 4.79 Å². The lowest BCUT2D eigenvalue weighted by Crippen LogP contribution is -2.45. The van der Waals surface area contributed by atoms with E-state index in [2.05, 4.69) is 27.1 Å². The maximum Gasteiger partial charge on any atom is 0.270 e. The Labute approximate surface area is 139 Å². The van der Waals surface area contributed by atoms with Gasteiger partial charge in [0, 0.05) is 32.2 Å². The van der Waals surface area contributed by atoms with Crippen LogP contribution in [0.3, 0.4) is 0 Å². The molecular weight excluding hydrogens is 288 g/mol. The molecule has 23 heavy (non-hydrogen) atoms. The molecule has 0 radical (unpaired) electrons. The average Bonchev–Trinajstić information content (AvgIpc) is 2.84. The monoisotopic (exact) mass is 316 g/mol. The Bertz CT molecular complexity index is 518. The number of nitrogens with one attached hydrogen (secondary N) is 1. The van der Waals surface area contributed by atoms with Crippen molar-refractivity contribution in [2.24, 2.45) is 0 Å². The molecule has 1 aliphatic heterocycles. The summed E-state index contributed by atoms with van der Waals surface area (Å²) in [6.07, 6.45) is 7.24. The first-order chi connectivity index (χ1) is 11.2. The van der Waals surface area contributed by atoms with Crippen LogP contribution in [0.1, 0.15) is 49.0 Å². The van der Waals surface area contributed by atoms with Gasteiger partial charge in [-0.15, -0.1) is 0 Å². The Hall–Kier alpha value is -1.62. The van der Waals surface area contributed by atoms with Gasteiger partial charge < -0.3 is 15.1 Å². The number of carbonyl (C=O) groups excluding carboxylic acids is 1. The highest BCUT2D eigenvalue weighted by Crippen LogP contribution is 2.18. The first kappa shape index (κ1) is 16.2. The van der Waals surface area contributed by atoms with Gasteiger partial charge in [-0.1, -0.05) is 31.7 Å². The molecule has 1 aromatic heterocycles. The highest BCUT2D eigenvalue weighted by atomic mass is 16.1. The number of likely N-dealkylation sites (N-methyl/N-ethyl adjacent to an activating group) is 1. The van der Waals surface area contributed by atoms with Crippen molar-refractivity contribution in [3.8, 4) is 0 Å². The van der Waals surface area contributed by atoms with Crippen molar-refractivity contribution in [1.82, 2.24) is 15.2 Å². The third kappa shape index (κ3) is 4.44. The highest BCUT2D eigenvalue weighted by molar-refractivity contribution is 5.92. The molecule has 0 spiro atoms. The first-order valence-electron chi connectivity index (χ1n) is 8.94. The molecule has 1 N–H and O–H groups in total. The van der Waals surface area contributed by atoms with Gasteiger partial charge in [-0.05, 0) is 32.0 Å². The number of piperazine rings is 1. The van der Waals surface area contributed by atoms with E-state index >= 15 is 0 Å². The molecule has 3 rings (SSSR count). The molecule has 1 aromatic rings. The molecule has 1 saturated heterocycles. The third-order valence-electron chi connectivity index (χ3n) is 4.98. The lowest BCUT2D eigenvalue weighted by Gasteiger charge is -2.33. The Balaban J connectivity index is 1.63. The zero-order chi connectivity index (χ0) is 16.1. The van der Waals surface area contributed by atoms with Crippen LogP contribution >= 0.6 is 0 Å². The average molecular weight is 316 g/mol. The molecule has 1 saturated carbocycles. The summed E-state index contributed by atoms with van der Waals surface area (Å²) in [5.74, 6) is 0.902. The van der Waals surface area contributed by atoms with Gasteiger partial charge in [-0.2, -0.15) is 0 Å². The molecule has 5 heteroatoms. The predicted octanol–water partition coefficient (Wildman–Crippen LogP) is 2.29. The number of rotatable bonds is 3. The van der Waals surface area contributed by atoms with Crippen LogP contribution in [0, 0.1) is 0 Å². The number of nitrogens with zero attached hydrogens (tertiary/aromatic N) is 3. The minimum absolute atomic E-state index is 0.0205. The predicted molar refractivity (Wildman–Crippen MR) is 92.9 cm³/mol. The summed E-state index contributed by atoms with van der Waals surface area (Å²) in [7, 11) is 2.14. The summed E-state index contributed by atoms with van der Waals surface area (Å²) in [6, 6.07) is 6.10. The van der Waals surface area contributed by atoms with Crippen molar-refractivity contribution in [2.45, 2.75) is 44.6 Å². The van der Waals surface area contributed by atoms with Gasteiger partial charge in [-0.25, -0.2) is 4.98 Å². The number of amides is 1. The molecule has 5 nitrogen and oxygen atoms in total. The molecule has 126 valence electrons. The SMILES string of the molecule is CN1CCN(c2cccc(C(=O)NC3CCCCCC3)n2)CC1. The minimum atomic E-state index is -0.0205. The van der Waals surface area contributed by atoms with Crippen molar-refractivity contribution < 1.29 is 4.79 Å². The van der Waals surface area contributed by atoms with Gasteiger partial charge in [0.1, 0.15) is 11.5 Å². The Kier molecular flexibility index (Phi) is 5.49. The van der Waals surface area contributed by atoms with Gasteiger partial charge in [0.15, 0.2) is 0 Å². The van der Waals surface area contributed by atoms with Crippen LogP contribution in [0.2, 0.25) is 0 Å². The summed E-state index contributed by atoms with van der Waals surface area (Å²) in [5, 5.41) is 3.18. The molecule has 2 heterocycles. The summed E-state index contributed by atoms with van der Waals surface area (Å²) >= 11 is 0. The summed E-state index contributed by atoms with van der Waals surface area (Å²) in [4.78, 5) is 21.7. The zero-order valence-corrected chi connectivity index (χ0v) is 14.1. The molecule has 0 unspecified atom stereocenters. The number of anilines is 1. The molecule has 1 amide bonds. The van der Waals surface area contributed by atoms with E-state index in [1.165, 1.54) is 25.7 Å². The number of hydrogen-bond donors (Lipinski definition) is 1. The van der Waals surface area contributed by atoms with Crippen LogP contribution in [0.4, 0.5) is 5.82 Å². The summed E-state index contributed by atoms with van der Waals surface area (Å²) in [6.45, 7) is 4.02. The highest BCUT2D eigenvalue weighted by Gasteiger charge is 2.19.